The third kappa shape index (κ3) is 3.78. The summed E-state index contributed by atoms with van der Waals surface area (Å²) in [5.41, 5.74) is 1.15. The highest BCUT2D eigenvalue weighted by Crippen LogP contribution is 2.25. The van der Waals surface area contributed by atoms with E-state index in [0.29, 0.717) is 42.6 Å². The van der Waals surface area contributed by atoms with E-state index in [-0.39, 0.29) is 23.4 Å². The van der Waals surface area contributed by atoms with Crippen molar-refractivity contribution in [3.63, 3.8) is 0 Å². The lowest BCUT2D eigenvalue weighted by atomic mass is 10.0. The summed E-state index contributed by atoms with van der Waals surface area (Å²) in [4.78, 5) is 32.6. The van der Waals surface area contributed by atoms with Crippen LogP contribution in [0.5, 0.6) is 0 Å². The van der Waals surface area contributed by atoms with Crippen LogP contribution in [0.2, 0.25) is 0 Å². The van der Waals surface area contributed by atoms with E-state index < -0.39 is 0 Å². The van der Waals surface area contributed by atoms with Gasteiger partial charge < -0.3 is 10.2 Å². The van der Waals surface area contributed by atoms with Gasteiger partial charge in [-0.2, -0.15) is 5.10 Å². The van der Waals surface area contributed by atoms with Gasteiger partial charge in [0.25, 0.3) is 11.5 Å². The molecule has 1 aromatic carbocycles. The van der Waals surface area contributed by atoms with E-state index in [2.05, 4.69) is 15.4 Å². The lowest BCUT2D eigenvalue weighted by Gasteiger charge is -2.36. The first kappa shape index (κ1) is 19.3. The highest BCUT2D eigenvalue weighted by atomic mass is 16.2. The minimum atomic E-state index is -0.158. The Balaban J connectivity index is 1.81. The number of rotatable bonds is 4. The summed E-state index contributed by atoms with van der Waals surface area (Å²) in [6.07, 6.45) is 3.52. The molecule has 2 aromatic heterocycles. The van der Waals surface area contributed by atoms with Crippen molar-refractivity contribution in [3.8, 4) is 0 Å². The number of carbonyl (C=O) groups is 1. The smallest absolute Gasteiger partial charge is 0.275 e. The minimum absolute atomic E-state index is 0.129. The van der Waals surface area contributed by atoms with Crippen molar-refractivity contribution in [2.24, 2.45) is 5.92 Å². The first-order valence-corrected chi connectivity index (χ1v) is 9.97. The van der Waals surface area contributed by atoms with Crippen molar-refractivity contribution in [1.82, 2.24) is 25.0 Å². The van der Waals surface area contributed by atoms with Crippen LogP contribution >= 0.6 is 0 Å². The van der Waals surface area contributed by atoms with Gasteiger partial charge in [-0.3, -0.25) is 14.6 Å². The van der Waals surface area contributed by atoms with Crippen LogP contribution in [0.1, 0.15) is 35.9 Å². The highest BCUT2D eigenvalue weighted by molar-refractivity contribution is 6.05. The maximum atomic E-state index is 13.6. The van der Waals surface area contributed by atoms with Gasteiger partial charge in [0, 0.05) is 44.0 Å². The second-order valence-electron chi connectivity index (χ2n) is 7.78. The van der Waals surface area contributed by atoms with Crippen LogP contribution in [-0.2, 0) is 6.54 Å². The fourth-order valence-corrected chi connectivity index (χ4v) is 3.82. The van der Waals surface area contributed by atoms with Crippen molar-refractivity contribution < 1.29 is 4.79 Å². The number of hydrogen-bond acceptors (Lipinski definition) is 5. The molecule has 1 amide bonds. The first-order chi connectivity index (χ1) is 14.1. The number of piperazine rings is 1. The standard InChI is InChI=1S/C22H25N5O2/c1-15(2)14-27-21(28)18-8-4-3-7-17(18)20(25-27)22(29)26-11-10-24-13-19(26)16-6-5-9-23-12-16/h3-9,12,15,19,24H,10-11,13-14H2,1-2H3. The SMILES string of the molecule is CC(C)Cn1nc(C(=O)N2CCNCC2c2cccnc2)c2ccccc2c1=O. The first-order valence-electron chi connectivity index (χ1n) is 9.97. The molecule has 1 unspecified atom stereocenters. The zero-order valence-electron chi connectivity index (χ0n) is 16.7. The topological polar surface area (TPSA) is 80.1 Å². The Hall–Kier alpha value is -3.06. The molecule has 150 valence electrons. The van der Waals surface area contributed by atoms with E-state index in [1.807, 2.05) is 43.0 Å². The van der Waals surface area contributed by atoms with Gasteiger partial charge in [0.15, 0.2) is 5.69 Å². The summed E-state index contributed by atoms with van der Waals surface area (Å²) in [5, 5.41) is 9.01. The van der Waals surface area contributed by atoms with Crippen molar-refractivity contribution in [1.29, 1.82) is 0 Å². The molecular formula is C22H25N5O2. The van der Waals surface area contributed by atoms with Crippen molar-refractivity contribution >= 4 is 16.7 Å². The third-order valence-corrected chi connectivity index (χ3v) is 5.18. The second kappa shape index (κ2) is 8.13. The Morgan fingerprint density at radius 3 is 2.72 bits per heavy atom. The molecule has 3 heterocycles. The largest absolute Gasteiger partial charge is 0.328 e. The van der Waals surface area contributed by atoms with Crippen molar-refractivity contribution in [3.05, 3.63) is 70.4 Å². The molecule has 0 saturated carbocycles. The molecule has 0 spiro atoms. The van der Waals surface area contributed by atoms with Crippen LogP contribution < -0.4 is 10.9 Å². The molecule has 1 aliphatic rings. The molecule has 0 bridgehead atoms. The average Bonchev–Trinajstić information content (AvgIpc) is 2.75. The predicted molar refractivity (Wildman–Crippen MR) is 112 cm³/mol. The Bertz CT molecular complexity index is 1080. The summed E-state index contributed by atoms with van der Waals surface area (Å²) in [6.45, 7) is 6.46. The Morgan fingerprint density at radius 2 is 2.00 bits per heavy atom. The number of amides is 1. The molecule has 29 heavy (non-hydrogen) atoms. The number of fused-ring (bicyclic) bond motifs is 1. The number of nitrogens with one attached hydrogen (secondary N) is 1. The summed E-state index contributed by atoms with van der Waals surface area (Å²) in [5.74, 6) is 0.0840. The predicted octanol–water partition coefficient (Wildman–Crippen LogP) is 2.23. The number of carbonyl (C=O) groups excluding carboxylic acids is 1. The molecule has 1 saturated heterocycles. The molecule has 0 aliphatic carbocycles. The van der Waals surface area contributed by atoms with E-state index in [1.54, 1.807) is 24.5 Å². The number of nitrogens with zero attached hydrogens (tertiary/aromatic N) is 4. The summed E-state index contributed by atoms with van der Waals surface area (Å²) in [7, 11) is 0. The number of aromatic nitrogens is 3. The Morgan fingerprint density at radius 1 is 1.21 bits per heavy atom. The van der Waals surface area contributed by atoms with Gasteiger partial charge in [-0.1, -0.05) is 38.1 Å². The lowest BCUT2D eigenvalue weighted by Crippen LogP contribution is -2.49. The maximum absolute atomic E-state index is 13.6. The zero-order chi connectivity index (χ0) is 20.4. The molecular weight excluding hydrogens is 366 g/mol. The minimum Gasteiger partial charge on any atom is -0.328 e. The normalized spacial score (nSPS) is 17.1. The van der Waals surface area contributed by atoms with Crippen LogP contribution in [0.25, 0.3) is 10.8 Å². The molecule has 7 heteroatoms. The van der Waals surface area contributed by atoms with E-state index in [4.69, 9.17) is 0 Å². The van der Waals surface area contributed by atoms with Crippen LogP contribution in [0.15, 0.2) is 53.6 Å². The van der Waals surface area contributed by atoms with E-state index in [9.17, 15) is 9.59 Å². The van der Waals surface area contributed by atoms with Gasteiger partial charge in [0.2, 0.25) is 0 Å². The van der Waals surface area contributed by atoms with E-state index in [1.165, 1.54) is 4.68 Å². The van der Waals surface area contributed by atoms with E-state index >= 15 is 0 Å². The zero-order valence-corrected chi connectivity index (χ0v) is 16.7. The van der Waals surface area contributed by atoms with Crippen LogP contribution in [0.3, 0.4) is 0 Å². The molecule has 0 radical (unpaired) electrons. The molecule has 7 nitrogen and oxygen atoms in total. The van der Waals surface area contributed by atoms with Crippen LogP contribution in [-0.4, -0.2) is 45.2 Å². The van der Waals surface area contributed by atoms with Crippen LogP contribution in [0.4, 0.5) is 0 Å². The van der Waals surface area contributed by atoms with Gasteiger partial charge in [-0.25, -0.2) is 4.68 Å². The van der Waals surface area contributed by atoms with Gasteiger partial charge in [-0.15, -0.1) is 0 Å². The van der Waals surface area contributed by atoms with Gasteiger partial charge in [0.05, 0.1) is 11.4 Å². The summed E-state index contributed by atoms with van der Waals surface area (Å²) in [6, 6.07) is 11.0. The van der Waals surface area contributed by atoms with Gasteiger partial charge >= 0.3 is 0 Å². The molecule has 1 N–H and O–H groups in total. The molecule has 1 aliphatic heterocycles. The van der Waals surface area contributed by atoms with Gasteiger partial charge in [0.1, 0.15) is 0 Å². The van der Waals surface area contributed by atoms with Crippen molar-refractivity contribution in [2.45, 2.75) is 26.4 Å². The Labute approximate surface area is 169 Å². The Kier molecular flexibility index (Phi) is 5.40. The summed E-state index contributed by atoms with van der Waals surface area (Å²) >= 11 is 0. The fourth-order valence-electron chi connectivity index (χ4n) is 3.82. The third-order valence-electron chi connectivity index (χ3n) is 5.18. The number of pyridine rings is 1. The second-order valence-corrected chi connectivity index (χ2v) is 7.78. The fraction of sp³-hybridized carbons (Fsp3) is 0.364. The quantitative estimate of drug-likeness (QED) is 0.738. The molecule has 3 aromatic rings. The molecule has 1 atom stereocenters. The maximum Gasteiger partial charge on any atom is 0.275 e. The number of hydrogen-bond donors (Lipinski definition) is 1. The van der Waals surface area contributed by atoms with E-state index in [0.717, 1.165) is 5.56 Å². The molecule has 1 fully saturated rings. The number of benzene rings is 1. The molecule has 4 rings (SSSR count). The monoisotopic (exact) mass is 391 g/mol. The van der Waals surface area contributed by atoms with Crippen molar-refractivity contribution in [2.75, 3.05) is 19.6 Å². The highest BCUT2D eigenvalue weighted by Gasteiger charge is 2.31. The summed E-state index contributed by atoms with van der Waals surface area (Å²) < 4.78 is 1.43. The van der Waals surface area contributed by atoms with Crippen LogP contribution in [0, 0.1) is 5.92 Å². The average molecular weight is 391 g/mol. The van der Waals surface area contributed by atoms with Gasteiger partial charge in [-0.05, 0) is 23.6 Å². The lowest BCUT2D eigenvalue weighted by molar-refractivity contribution is 0.0627.